The molecule has 0 aliphatic rings. The zero-order valence-corrected chi connectivity index (χ0v) is 31.4. The predicted molar refractivity (Wildman–Crippen MR) is 214 cm³/mol. The molecule has 0 spiro atoms. The van der Waals surface area contributed by atoms with Gasteiger partial charge in [-0.15, -0.1) is 0 Å². The van der Waals surface area contributed by atoms with Gasteiger partial charge in [-0.05, 0) is 83.8 Å². The maximum atomic E-state index is 13.7. The fourth-order valence-electron chi connectivity index (χ4n) is 5.50. The van der Waals surface area contributed by atoms with Gasteiger partial charge < -0.3 is 10.0 Å². The minimum absolute atomic E-state index is 0.206. The van der Waals surface area contributed by atoms with Crippen molar-refractivity contribution < 1.29 is 28.4 Å². The lowest BCUT2D eigenvalue weighted by Gasteiger charge is -2.05. The van der Waals surface area contributed by atoms with Gasteiger partial charge in [-0.3, -0.25) is 9.59 Å². The highest BCUT2D eigenvalue weighted by atomic mass is 79.9. The summed E-state index contributed by atoms with van der Waals surface area (Å²) in [6.07, 6.45) is 8.53. The summed E-state index contributed by atoms with van der Waals surface area (Å²) in [7, 11) is -1.78. The number of hydrogen-bond donors (Lipinski definition) is 2. The van der Waals surface area contributed by atoms with E-state index in [0.717, 1.165) is 52.4 Å². The zero-order valence-electron chi connectivity index (χ0n) is 29.8. The summed E-state index contributed by atoms with van der Waals surface area (Å²) in [6, 6.07) is 42.0. The van der Waals surface area contributed by atoms with Crippen LogP contribution in [0.5, 0.6) is 0 Å². The van der Waals surface area contributed by atoms with Crippen LogP contribution in [0.25, 0.3) is 11.1 Å². The molecule has 0 unspecified atom stereocenters. The predicted octanol–water partition coefficient (Wildman–Crippen LogP) is 8.51. The first-order valence-electron chi connectivity index (χ1n) is 17.7. The van der Waals surface area contributed by atoms with Crippen molar-refractivity contribution in [2.45, 2.75) is 51.4 Å². The van der Waals surface area contributed by atoms with E-state index in [-0.39, 0.29) is 11.2 Å². The van der Waals surface area contributed by atoms with Crippen LogP contribution in [0.15, 0.2) is 150 Å². The quantitative estimate of drug-likeness (QED) is 0.0849. The maximum absolute atomic E-state index is 13.7. The van der Waals surface area contributed by atoms with E-state index in [1.807, 2.05) is 97.1 Å². The summed E-state index contributed by atoms with van der Waals surface area (Å²) in [5.74, 6) is -0.720. The number of carbonyl (C=O) groups is 2. The van der Waals surface area contributed by atoms with Gasteiger partial charge in [0.25, 0.3) is 0 Å². The normalized spacial score (nSPS) is 10.3. The molecular formula is C44H42BBrF2N2O4. The fraction of sp³-hybridized carbons (Fsp3) is 0.182. The largest absolute Gasteiger partial charge is 0.493 e. The summed E-state index contributed by atoms with van der Waals surface area (Å²) in [6.45, 7) is 0. The van der Waals surface area contributed by atoms with Crippen molar-refractivity contribution in [2.75, 3.05) is 0 Å². The Morgan fingerprint density at radius 1 is 0.556 bits per heavy atom. The van der Waals surface area contributed by atoms with Gasteiger partial charge >= 0.3 is 7.12 Å². The second-order valence-electron chi connectivity index (χ2n) is 12.5. The SMILES string of the molecule is O=C(CCCc1ccc(-c2cccnc2F)cc1)Cc1ccccc1.O=C(CCCc1ccc(Br)cc1)Cc1ccccc1.OB(O)c1cccnc1F. The van der Waals surface area contributed by atoms with Crippen molar-refractivity contribution >= 4 is 40.1 Å². The Labute approximate surface area is 324 Å². The number of aryl methyl sites for hydroxylation is 2. The van der Waals surface area contributed by atoms with Gasteiger partial charge in [0.15, 0.2) is 0 Å². The van der Waals surface area contributed by atoms with Gasteiger partial charge in [-0.25, -0.2) is 9.97 Å². The van der Waals surface area contributed by atoms with Gasteiger partial charge in [0.1, 0.15) is 11.6 Å². The standard InChI is InChI=1S/C22H20FNO.C17H17BrO.C5H5BFNO2/c23-22-21(10-5-15-24-22)19-13-11-17(12-14-19)8-4-9-20(25)16-18-6-2-1-3-7-18;18-16-11-9-14(10-12-16)7-4-8-17(19)13-15-5-2-1-3-6-15;7-5-4(6(9)10)2-1-3-8-5/h1-3,5-7,10-15H,4,8-9,16H2;1-3,5-6,9-12H,4,7-8,13H2;1-3,9-10H. The number of aromatic nitrogens is 2. The van der Waals surface area contributed by atoms with Gasteiger partial charge in [-0.2, -0.15) is 8.78 Å². The average molecular weight is 792 g/mol. The molecule has 6 rings (SSSR count). The van der Waals surface area contributed by atoms with Gasteiger partial charge in [0.2, 0.25) is 11.9 Å². The average Bonchev–Trinajstić information content (AvgIpc) is 3.18. The highest BCUT2D eigenvalue weighted by Crippen LogP contribution is 2.22. The number of rotatable bonds is 14. The molecule has 0 aliphatic carbocycles. The van der Waals surface area contributed by atoms with Gasteiger partial charge in [0.05, 0.1) is 0 Å². The lowest BCUT2D eigenvalue weighted by Crippen LogP contribution is -2.33. The number of pyridine rings is 2. The highest BCUT2D eigenvalue weighted by molar-refractivity contribution is 9.10. The molecule has 4 aromatic carbocycles. The van der Waals surface area contributed by atoms with Crippen molar-refractivity contribution in [2.24, 2.45) is 0 Å². The molecule has 276 valence electrons. The second-order valence-corrected chi connectivity index (χ2v) is 13.4. The monoisotopic (exact) mass is 790 g/mol. The molecule has 6 nitrogen and oxygen atoms in total. The molecule has 10 heteroatoms. The smallest absolute Gasteiger partial charge is 0.423 e. The van der Waals surface area contributed by atoms with E-state index in [1.165, 1.54) is 30.1 Å². The summed E-state index contributed by atoms with van der Waals surface area (Å²) in [5.41, 5.74) is 5.73. The summed E-state index contributed by atoms with van der Waals surface area (Å²) in [4.78, 5) is 30.8. The van der Waals surface area contributed by atoms with Crippen molar-refractivity contribution in [1.29, 1.82) is 0 Å². The first-order valence-corrected chi connectivity index (χ1v) is 18.5. The molecule has 2 aromatic heterocycles. The Hall–Kier alpha value is -5.16. The number of nitrogens with zero attached hydrogens (tertiary/aromatic N) is 2. The van der Waals surface area contributed by atoms with Gasteiger partial charge in [0, 0.05) is 53.6 Å². The van der Waals surface area contributed by atoms with E-state index >= 15 is 0 Å². The van der Waals surface area contributed by atoms with Crippen LogP contribution in [-0.2, 0) is 35.3 Å². The van der Waals surface area contributed by atoms with Crippen molar-refractivity contribution in [1.82, 2.24) is 9.97 Å². The van der Waals surface area contributed by atoms with Gasteiger partial charge in [-0.1, -0.05) is 119 Å². The van der Waals surface area contributed by atoms with E-state index in [0.29, 0.717) is 37.0 Å². The van der Waals surface area contributed by atoms with E-state index < -0.39 is 19.0 Å². The number of Topliss-reactive ketones (excluding diaryl/α,β-unsaturated/α-hetero) is 2. The van der Waals surface area contributed by atoms with E-state index in [1.54, 1.807) is 12.1 Å². The molecule has 0 saturated heterocycles. The topological polar surface area (TPSA) is 100 Å². The molecule has 0 fully saturated rings. The Morgan fingerprint density at radius 2 is 1.02 bits per heavy atom. The molecule has 0 aliphatic heterocycles. The van der Waals surface area contributed by atoms with E-state index in [2.05, 4.69) is 38.0 Å². The number of carbonyl (C=O) groups excluding carboxylic acids is 2. The summed E-state index contributed by atoms with van der Waals surface area (Å²) in [5, 5.41) is 17.0. The molecule has 0 atom stereocenters. The van der Waals surface area contributed by atoms with Crippen LogP contribution in [-0.4, -0.2) is 38.7 Å². The van der Waals surface area contributed by atoms with Crippen molar-refractivity contribution in [3.63, 3.8) is 0 Å². The molecule has 6 aromatic rings. The molecule has 0 saturated carbocycles. The van der Waals surface area contributed by atoms with E-state index in [4.69, 9.17) is 10.0 Å². The number of hydrogen-bond acceptors (Lipinski definition) is 6. The molecule has 2 heterocycles. The van der Waals surface area contributed by atoms with Crippen molar-refractivity contribution in [3.05, 3.63) is 184 Å². The van der Waals surface area contributed by atoms with Crippen LogP contribution < -0.4 is 5.46 Å². The van der Waals surface area contributed by atoms with Crippen LogP contribution in [0, 0.1) is 11.9 Å². The highest BCUT2D eigenvalue weighted by Gasteiger charge is 2.15. The van der Waals surface area contributed by atoms with Crippen LogP contribution >= 0.6 is 15.9 Å². The third kappa shape index (κ3) is 15.1. The first kappa shape index (κ1) is 41.6. The van der Waals surface area contributed by atoms with Crippen molar-refractivity contribution in [3.8, 4) is 11.1 Å². The second kappa shape index (κ2) is 22.8. The van der Waals surface area contributed by atoms with Crippen LogP contribution in [0.3, 0.4) is 0 Å². The number of halogens is 3. The third-order valence-corrected chi connectivity index (χ3v) is 8.86. The zero-order chi connectivity index (χ0) is 38.5. The Bertz CT molecular complexity index is 2020. The van der Waals surface area contributed by atoms with E-state index in [9.17, 15) is 18.4 Å². The van der Waals surface area contributed by atoms with Crippen LogP contribution in [0.2, 0.25) is 0 Å². The summed E-state index contributed by atoms with van der Waals surface area (Å²) >= 11 is 3.42. The Morgan fingerprint density at radius 3 is 1.46 bits per heavy atom. The number of benzene rings is 4. The molecule has 2 N–H and O–H groups in total. The third-order valence-electron chi connectivity index (χ3n) is 8.33. The lowest BCUT2D eigenvalue weighted by atomic mass is 9.81. The molecular weight excluding hydrogens is 749 g/mol. The Balaban J connectivity index is 0.000000197. The van der Waals surface area contributed by atoms with Crippen LogP contribution in [0.1, 0.15) is 47.9 Å². The molecule has 54 heavy (non-hydrogen) atoms. The first-order chi connectivity index (χ1) is 26.2. The summed E-state index contributed by atoms with van der Waals surface area (Å²) < 4.78 is 27.2. The minimum atomic E-state index is -1.78. The Kier molecular flexibility index (Phi) is 17.6. The molecule has 0 radical (unpaired) electrons. The minimum Gasteiger partial charge on any atom is -0.423 e. The fourth-order valence-corrected chi connectivity index (χ4v) is 5.76. The molecule has 0 bridgehead atoms. The van der Waals surface area contributed by atoms with Crippen LogP contribution in [0.4, 0.5) is 8.78 Å². The molecule has 0 amide bonds. The maximum Gasteiger partial charge on any atom is 0.493 e. The lowest BCUT2D eigenvalue weighted by molar-refractivity contribution is -0.119. The number of ketones is 2.